The van der Waals surface area contributed by atoms with E-state index in [4.69, 9.17) is 29.2 Å². The fourth-order valence-electron chi connectivity index (χ4n) is 6.23. The molecule has 2 atom stereocenters. The molecule has 0 rings (SSSR count). The molecule has 8 N–H and O–H groups in total. The molecule has 0 aliphatic rings. The van der Waals surface area contributed by atoms with Gasteiger partial charge in [-0.2, -0.15) is 0 Å². The molecule has 0 aliphatic heterocycles. The Kier molecular flexibility index (Phi) is 39.7. The van der Waals surface area contributed by atoms with Gasteiger partial charge in [-0.15, -0.1) is 0 Å². The van der Waals surface area contributed by atoms with Gasteiger partial charge < -0.3 is 60.9 Å². The number of carbonyl (C=O) groups excluding carboxylic acids is 4. The number of ether oxygens (including phenoxy) is 4. The molecule has 4 amide bonds. The van der Waals surface area contributed by atoms with Gasteiger partial charge in [-0.1, -0.05) is 84.0 Å². The van der Waals surface area contributed by atoms with E-state index in [0.29, 0.717) is 38.8 Å². The third kappa shape index (κ3) is 40.2. The summed E-state index contributed by atoms with van der Waals surface area (Å²) in [4.78, 5) is 81.5. The monoisotopic (exact) mass is 890 g/mol. The Bertz CT molecular complexity index is 1210. The number of hydrogen-bond donors (Lipinski definition) is 8. The van der Waals surface area contributed by atoms with Crippen molar-refractivity contribution in [2.24, 2.45) is 0 Å². The number of carboxylic acid groups (broad SMARTS) is 3. The second kappa shape index (κ2) is 42.4. The molecule has 0 spiro atoms. The molecule has 0 saturated heterocycles. The first kappa shape index (κ1) is 58.1. The molecule has 0 fully saturated rings. The van der Waals surface area contributed by atoms with Crippen molar-refractivity contribution in [1.29, 1.82) is 0 Å². The molecule has 0 radical (unpaired) electrons. The first-order valence-electron chi connectivity index (χ1n) is 22.8. The fourth-order valence-corrected chi connectivity index (χ4v) is 6.23. The smallest absolute Gasteiger partial charge is 0.326 e. The Balaban J connectivity index is 3.66. The van der Waals surface area contributed by atoms with Crippen LogP contribution in [0, 0.1) is 0 Å². The van der Waals surface area contributed by atoms with Gasteiger partial charge >= 0.3 is 17.9 Å². The summed E-state index contributed by atoms with van der Waals surface area (Å²) in [7, 11) is 0. The minimum Gasteiger partial charge on any atom is -0.481 e. The highest BCUT2D eigenvalue weighted by Crippen LogP contribution is 2.14. The lowest BCUT2D eigenvalue weighted by atomic mass is 10.0. The first-order valence-corrected chi connectivity index (χ1v) is 22.8. The van der Waals surface area contributed by atoms with Crippen LogP contribution in [0.3, 0.4) is 0 Å². The summed E-state index contributed by atoms with van der Waals surface area (Å²) >= 11 is 0. The standard InChI is InChI=1S/C43H79N5O14/c1-2-44-35(42(55)56)19-17-18-24-45-39(51)33-61-31-30-60-28-26-47-40(52)34-62-32-29-59-27-25-46-37(49)23-22-36(43(57)58)48-38(50)20-15-13-11-9-7-5-3-4-6-8-10-12-14-16-21-41(53)54/h35-36,44H,2-34H2,1H3,(H,45,51)(H,46,49)(H,47,52)(H,48,50)(H,53,54)(H,55,56)(H,57,58)/t35-,36?/m0/s1. The van der Waals surface area contributed by atoms with Crippen LogP contribution in [0.4, 0.5) is 0 Å². The number of unbranched alkanes of at least 4 members (excludes halogenated alkanes) is 14. The normalized spacial score (nSPS) is 12.0. The minimum atomic E-state index is -1.19. The highest BCUT2D eigenvalue weighted by molar-refractivity contribution is 5.84. The van der Waals surface area contributed by atoms with Gasteiger partial charge in [0, 0.05) is 38.9 Å². The third-order valence-corrected chi connectivity index (χ3v) is 9.68. The van der Waals surface area contributed by atoms with Gasteiger partial charge in [0.1, 0.15) is 25.3 Å². The lowest BCUT2D eigenvalue weighted by Crippen LogP contribution is -2.41. The van der Waals surface area contributed by atoms with Crippen molar-refractivity contribution in [2.75, 3.05) is 79.0 Å². The van der Waals surface area contributed by atoms with Gasteiger partial charge in [0.15, 0.2) is 0 Å². The zero-order valence-electron chi connectivity index (χ0n) is 37.3. The molecule has 19 heteroatoms. The average Bonchev–Trinajstić information content (AvgIpc) is 3.23. The Morgan fingerprint density at radius 3 is 1.32 bits per heavy atom. The summed E-state index contributed by atoms with van der Waals surface area (Å²) in [5, 5.41) is 40.7. The highest BCUT2D eigenvalue weighted by Gasteiger charge is 2.21. The molecule has 62 heavy (non-hydrogen) atoms. The molecule has 0 aromatic rings. The van der Waals surface area contributed by atoms with Crippen LogP contribution in [0.1, 0.15) is 142 Å². The Morgan fingerprint density at radius 2 is 0.855 bits per heavy atom. The molecule has 1 unspecified atom stereocenters. The lowest BCUT2D eigenvalue weighted by molar-refractivity contribution is -0.142. The predicted molar refractivity (Wildman–Crippen MR) is 232 cm³/mol. The van der Waals surface area contributed by atoms with E-state index < -0.39 is 30.0 Å². The predicted octanol–water partition coefficient (Wildman–Crippen LogP) is 3.31. The van der Waals surface area contributed by atoms with Gasteiger partial charge in [-0.05, 0) is 45.1 Å². The summed E-state index contributed by atoms with van der Waals surface area (Å²) in [5.74, 6) is -4.07. The zero-order valence-corrected chi connectivity index (χ0v) is 37.3. The van der Waals surface area contributed by atoms with E-state index in [1.54, 1.807) is 0 Å². The lowest BCUT2D eigenvalue weighted by Gasteiger charge is -2.14. The molecular weight excluding hydrogens is 810 g/mol. The highest BCUT2D eigenvalue weighted by atomic mass is 16.5. The quantitative estimate of drug-likeness (QED) is 0.0407. The molecular formula is C43H79N5O14. The van der Waals surface area contributed by atoms with E-state index >= 15 is 0 Å². The topological polar surface area (TPSA) is 277 Å². The van der Waals surface area contributed by atoms with E-state index in [-0.39, 0.29) is 115 Å². The molecule has 360 valence electrons. The summed E-state index contributed by atoms with van der Waals surface area (Å²) in [6, 6.07) is -1.73. The van der Waals surface area contributed by atoms with Crippen molar-refractivity contribution in [3.05, 3.63) is 0 Å². The van der Waals surface area contributed by atoms with Gasteiger partial charge in [0.05, 0.1) is 39.6 Å². The SMILES string of the molecule is CCN[C@@H](CCCCNC(=O)COCCOCCNC(=O)COCCOCCNC(=O)CCC(NC(=O)CCCCCCCCCCCCCCCCC(=O)O)C(=O)O)C(=O)O. The number of carbonyl (C=O) groups is 7. The summed E-state index contributed by atoms with van der Waals surface area (Å²) in [5.41, 5.74) is 0. The van der Waals surface area contributed by atoms with Gasteiger partial charge in [0.25, 0.3) is 0 Å². The first-order chi connectivity index (χ1) is 30.0. The van der Waals surface area contributed by atoms with Crippen LogP contribution in [-0.4, -0.2) is 148 Å². The molecule has 0 aromatic carbocycles. The van der Waals surface area contributed by atoms with Crippen LogP contribution in [0.5, 0.6) is 0 Å². The minimum absolute atomic E-state index is 0.0305. The van der Waals surface area contributed by atoms with Gasteiger partial charge in [0.2, 0.25) is 23.6 Å². The Labute approximate surface area is 368 Å². The number of aliphatic carboxylic acids is 3. The second-order valence-corrected chi connectivity index (χ2v) is 15.2. The molecule has 0 heterocycles. The fraction of sp³-hybridized carbons (Fsp3) is 0.837. The molecule has 19 nitrogen and oxygen atoms in total. The summed E-state index contributed by atoms with van der Waals surface area (Å²) < 4.78 is 21.3. The van der Waals surface area contributed by atoms with Crippen LogP contribution in [0.25, 0.3) is 0 Å². The zero-order chi connectivity index (χ0) is 45.9. The molecule has 0 aliphatic carbocycles. The van der Waals surface area contributed by atoms with E-state index in [2.05, 4.69) is 26.6 Å². The number of hydrogen-bond acceptors (Lipinski definition) is 12. The molecule has 0 bridgehead atoms. The maximum Gasteiger partial charge on any atom is 0.326 e. The maximum atomic E-state index is 12.3. The number of rotatable bonds is 46. The van der Waals surface area contributed by atoms with E-state index in [0.717, 1.165) is 44.9 Å². The number of likely N-dealkylation sites (N-methyl/N-ethyl adjacent to an activating group) is 1. The number of nitrogens with one attached hydrogen (secondary N) is 5. The van der Waals surface area contributed by atoms with Crippen molar-refractivity contribution in [2.45, 2.75) is 154 Å². The van der Waals surface area contributed by atoms with Gasteiger partial charge in [-0.25, -0.2) is 4.79 Å². The largest absolute Gasteiger partial charge is 0.481 e. The van der Waals surface area contributed by atoms with E-state index in [1.165, 1.54) is 38.5 Å². The van der Waals surface area contributed by atoms with Crippen molar-refractivity contribution in [3.8, 4) is 0 Å². The van der Waals surface area contributed by atoms with Crippen LogP contribution in [0.15, 0.2) is 0 Å². The van der Waals surface area contributed by atoms with Crippen molar-refractivity contribution in [1.82, 2.24) is 26.6 Å². The number of carboxylic acids is 3. The maximum absolute atomic E-state index is 12.3. The van der Waals surface area contributed by atoms with E-state index in [1.807, 2.05) is 6.92 Å². The van der Waals surface area contributed by atoms with Crippen molar-refractivity contribution in [3.63, 3.8) is 0 Å². The van der Waals surface area contributed by atoms with E-state index in [9.17, 15) is 38.7 Å². The number of amides is 4. The van der Waals surface area contributed by atoms with Crippen molar-refractivity contribution < 1.29 is 67.8 Å². The molecule has 0 saturated carbocycles. The Hall–Kier alpha value is -3.91. The van der Waals surface area contributed by atoms with Crippen LogP contribution >= 0.6 is 0 Å². The second-order valence-electron chi connectivity index (χ2n) is 15.2. The van der Waals surface area contributed by atoms with Crippen molar-refractivity contribution >= 4 is 41.5 Å². The molecule has 0 aromatic heterocycles. The summed E-state index contributed by atoms with van der Waals surface area (Å²) in [6.45, 7) is 4.29. The van der Waals surface area contributed by atoms with Crippen LogP contribution < -0.4 is 26.6 Å². The van der Waals surface area contributed by atoms with Crippen LogP contribution in [0.2, 0.25) is 0 Å². The third-order valence-electron chi connectivity index (χ3n) is 9.68. The average molecular weight is 890 g/mol. The Morgan fingerprint density at radius 1 is 0.419 bits per heavy atom. The summed E-state index contributed by atoms with van der Waals surface area (Å²) in [6.07, 6.45) is 17.3. The van der Waals surface area contributed by atoms with Gasteiger partial charge in [-0.3, -0.25) is 28.8 Å². The van der Waals surface area contributed by atoms with Crippen LogP contribution in [-0.2, 0) is 52.5 Å².